The third-order valence-corrected chi connectivity index (χ3v) is 6.33. The topological polar surface area (TPSA) is 59.3 Å². The molecule has 2 heterocycles. The van der Waals surface area contributed by atoms with Crippen molar-refractivity contribution in [3.05, 3.63) is 45.6 Å². The van der Waals surface area contributed by atoms with Gasteiger partial charge >= 0.3 is 6.18 Å². The number of carbonyl (C=O) groups excluding carboxylic acids is 1. The van der Waals surface area contributed by atoms with Crippen LogP contribution in [0.2, 0.25) is 10.0 Å². The minimum absolute atomic E-state index is 0.0424. The zero-order chi connectivity index (χ0) is 21.6. The van der Waals surface area contributed by atoms with Crippen LogP contribution >= 0.6 is 23.2 Å². The Morgan fingerprint density at radius 1 is 1.17 bits per heavy atom. The van der Waals surface area contributed by atoms with Gasteiger partial charge in [0.2, 0.25) is 5.91 Å². The summed E-state index contributed by atoms with van der Waals surface area (Å²) in [4.78, 5) is 17.5. The number of halogens is 5. The number of fused-ring (bicyclic) bond motifs is 1. The Balaban J connectivity index is 1.80. The first-order valence-corrected chi connectivity index (χ1v) is 10.4. The predicted molar refractivity (Wildman–Crippen MR) is 108 cm³/mol. The van der Waals surface area contributed by atoms with Gasteiger partial charge in [-0.3, -0.25) is 4.79 Å². The lowest BCUT2D eigenvalue weighted by Gasteiger charge is -2.32. The Bertz CT molecular complexity index is 1010. The summed E-state index contributed by atoms with van der Waals surface area (Å²) in [6.45, 7) is 1.65. The smallest absolute Gasteiger partial charge is 0.353 e. The molecule has 1 aliphatic heterocycles. The van der Waals surface area contributed by atoms with Gasteiger partial charge in [0, 0.05) is 17.8 Å². The first-order chi connectivity index (χ1) is 14.1. The maximum absolute atomic E-state index is 13.3. The molecule has 1 fully saturated rings. The normalized spacial score (nSPS) is 22.0. The molecule has 1 saturated carbocycles. The third kappa shape index (κ3) is 3.95. The Morgan fingerprint density at radius 3 is 2.50 bits per heavy atom. The summed E-state index contributed by atoms with van der Waals surface area (Å²) in [5, 5.41) is 7.34. The van der Waals surface area contributed by atoms with Crippen molar-refractivity contribution in [2.75, 3.05) is 0 Å². The van der Waals surface area contributed by atoms with Gasteiger partial charge in [-0.1, -0.05) is 42.1 Å². The minimum atomic E-state index is -4.63. The van der Waals surface area contributed by atoms with Crippen LogP contribution in [0.1, 0.15) is 49.9 Å². The van der Waals surface area contributed by atoms with E-state index < -0.39 is 23.8 Å². The first-order valence-electron chi connectivity index (χ1n) is 9.62. The highest BCUT2D eigenvalue weighted by atomic mass is 35.5. The molecule has 1 N–H and O–H groups in total. The van der Waals surface area contributed by atoms with Crippen LogP contribution in [0.15, 0.2) is 29.3 Å². The number of rotatable bonds is 3. The average Bonchev–Trinajstić information content (AvgIpc) is 3.32. The van der Waals surface area contributed by atoms with Crippen molar-refractivity contribution in [3.8, 4) is 0 Å². The maximum atomic E-state index is 13.3. The van der Waals surface area contributed by atoms with Crippen LogP contribution in [0, 0.1) is 5.92 Å². The Labute approximate surface area is 181 Å². The van der Waals surface area contributed by atoms with E-state index in [-0.39, 0.29) is 22.8 Å². The second-order valence-electron chi connectivity index (χ2n) is 7.67. The van der Waals surface area contributed by atoms with E-state index in [1.54, 1.807) is 25.1 Å². The Kier molecular flexibility index (Phi) is 5.57. The molecule has 2 atom stereocenters. The average molecular weight is 459 g/mol. The molecule has 0 radical (unpaired) electrons. The van der Waals surface area contributed by atoms with Crippen LogP contribution in [0.3, 0.4) is 0 Å². The molecule has 30 heavy (non-hydrogen) atoms. The van der Waals surface area contributed by atoms with Crippen molar-refractivity contribution in [2.24, 2.45) is 10.9 Å². The molecule has 2 unspecified atom stereocenters. The van der Waals surface area contributed by atoms with Crippen LogP contribution in [-0.4, -0.2) is 27.4 Å². The SMILES string of the molecule is CC1=Nc2cc(C(F)(F)F)nn2C(c2ccc(Cl)c(Cl)c2)C1C(=O)NC1CCCC1. The minimum Gasteiger partial charge on any atom is -0.353 e. The lowest BCUT2D eigenvalue weighted by Crippen LogP contribution is -2.45. The highest BCUT2D eigenvalue weighted by Crippen LogP contribution is 2.41. The van der Waals surface area contributed by atoms with E-state index in [1.165, 1.54) is 0 Å². The molecule has 1 aromatic heterocycles. The number of nitrogens with one attached hydrogen (secondary N) is 1. The molecule has 10 heteroatoms. The van der Waals surface area contributed by atoms with Crippen molar-refractivity contribution < 1.29 is 18.0 Å². The second kappa shape index (κ2) is 7.89. The largest absolute Gasteiger partial charge is 0.435 e. The van der Waals surface area contributed by atoms with E-state index in [4.69, 9.17) is 23.2 Å². The number of hydrogen-bond acceptors (Lipinski definition) is 3. The number of carbonyl (C=O) groups is 1. The molecule has 0 bridgehead atoms. The van der Waals surface area contributed by atoms with E-state index >= 15 is 0 Å². The van der Waals surface area contributed by atoms with Crippen LogP contribution in [-0.2, 0) is 11.0 Å². The van der Waals surface area contributed by atoms with Gasteiger partial charge in [-0.05, 0) is 37.5 Å². The molecule has 0 saturated heterocycles. The van der Waals surface area contributed by atoms with E-state index in [0.29, 0.717) is 16.3 Å². The summed E-state index contributed by atoms with van der Waals surface area (Å²) in [7, 11) is 0. The fourth-order valence-corrected chi connectivity index (χ4v) is 4.46. The summed E-state index contributed by atoms with van der Waals surface area (Å²) in [6.07, 6.45) is -0.777. The van der Waals surface area contributed by atoms with Gasteiger partial charge < -0.3 is 5.32 Å². The molecule has 160 valence electrons. The van der Waals surface area contributed by atoms with Crippen molar-refractivity contribution >= 4 is 40.6 Å². The van der Waals surface area contributed by atoms with Crippen LogP contribution in [0.5, 0.6) is 0 Å². The summed E-state index contributed by atoms with van der Waals surface area (Å²) in [6, 6.07) is 4.88. The Hall–Kier alpha value is -2.06. The molecule has 2 aromatic rings. The summed E-state index contributed by atoms with van der Waals surface area (Å²) < 4.78 is 41.1. The molecular formula is C20H19Cl2F3N4O. The lowest BCUT2D eigenvalue weighted by molar-refractivity contribution is -0.141. The fourth-order valence-electron chi connectivity index (χ4n) is 4.16. The zero-order valence-corrected chi connectivity index (χ0v) is 17.5. The van der Waals surface area contributed by atoms with E-state index in [2.05, 4.69) is 15.4 Å². The summed E-state index contributed by atoms with van der Waals surface area (Å²) >= 11 is 12.2. The van der Waals surface area contributed by atoms with Crippen molar-refractivity contribution in [3.63, 3.8) is 0 Å². The first kappa shape index (κ1) is 21.2. The molecule has 2 aliphatic rings. The molecule has 1 amide bonds. The fraction of sp³-hybridized carbons (Fsp3) is 0.450. The standard InChI is InChI=1S/C20H19Cl2F3N4O/c1-10-17(19(30)27-12-4-2-3-5-12)18(11-6-7-13(21)14(22)8-11)29-16(26-10)9-15(28-29)20(23,24)25/h6-9,12,17-18H,2-5H2,1H3,(H,27,30). The quantitative estimate of drug-likeness (QED) is 0.652. The molecule has 0 spiro atoms. The number of benzene rings is 1. The highest BCUT2D eigenvalue weighted by molar-refractivity contribution is 6.42. The van der Waals surface area contributed by atoms with E-state index in [1.807, 2.05) is 0 Å². The molecule has 4 rings (SSSR count). The van der Waals surface area contributed by atoms with Gasteiger partial charge in [0.1, 0.15) is 5.92 Å². The van der Waals surface area contributed by atoms with Crippen molar-refractivity contribution in [1.29, 1.82) is 0 Å². The van der Waals surface area contributed by atoms with Crippen LogP contribution in [0.4, 0.5) is 19.0 Å². The number of hydrogen-bond donors (Lipinski definition) is 1. The monoisotopic (exact) mass is 458 g/mol. The molecular weight excluding hydrogens is 440 g/mol. The molecule has 1 aliphatic carbocycles. The maximum Gasteiger partial charge on any atom is 0.435 e. The lowest BCUT2D eigenvalue weighted by atomic mass is 9.87. The van der Waals surface area contributed by atoms with Gasteiger partial charge in [-0.15, -0.1) is 0 Å². The Morgan fingerprint density at radius 2 is 1.87 bits per heavy atom. The molecule has 5 nitrogen and oxygen atoms in total. The van der Waals surface area contributed by atoms with Gasteiger partial charge in [-0.2, -0.15) is 18.3 Å². The van der Waals surface area contributed by atoms with Gasteiger partial charge in [0.15, 0.2) is 11.5 Å². The highest BCUT2D eigenvalue weighted by Gasteiger charge is 2.42. The molecule has 1 aromatic carbocycles. The zero-order valence-electron chi connectivity index (χ0n) is 16.0. The third-order valence-electron chi connectivity index (χ3n) is 5.60. The summed E-state index contributed by atoms with van der Waals surface area (Å²) in [5.74, 6) is -1.06. The van der Waals surface area contributed by atoms with Crippen LogP contribution in [0.25, 0.3) is 0 Å². The van der Waals surface area contributed by atoms with Crippen LogP contribution < -0.4 is 5.32 Å². The number of alkyl halides is 3. The number of aromatic nitrogens is 2. The second-order valence-corrected chi connectivity index (χ2v) is 8.48. The van der Waals surface area contributed by atoms with Gasteiger partial charge in [-0.25, -0.2) is 9.67 Å². The number of aliphatic imine (C=N–C) groups is 1. The van der Waals surface area contributed by atoms with Crippen molar-refractivity contribution in [2.45, 2.75) is 50.9 Å². The van der Waals surface area contributed by atoms with Gasteiger partial charge in [0.25, 0.3) is 0 Å². The van der Waals surface area contributed by atoms with Gasteiger partial charge in [0.05, 0.1) is 16.1 Å². The number of nitrogens with zero attached hydrogens (tertiary/aromatic N) is 3. The van der Waals surface area contributed by atoms with E-state index in [9.17, 15) is 18.0 Å². The summed E-state index contributed by atoms with van der Waals surface area (Å²) in [5.41, 5.74) is -0.109. The predicted octanol–water partition coefficient (Wildman–Crippen LogP) is 5.58. The number of amides is 1. The van der Waals surface area contributed by atoms with Crippen molar-refractivity contribution in [1.82, 2.24) is 15.1 Å². The van der Waals surface area contributed by atoms with E-state index in [0.717, 1.165) is 36.4 Å².